The summed E-state index contributed by atoms with van der Waals surface area (Å²) in [6.07, 6.45) is 0. The average Bonchev–Trinajstić information content (AvgIpc) is 2.72. The first-order valence-corrected chi connectivity index (χ1v) is 9.37. The smallest absolute Gasteiger partial charge is 0.340 e. The second-order valence-electron chi connectivity index (χ2n) is 5.42. The van der Waals surface area contributed by atoms with Gasteiger partial charge < -0.3 is 18.9 Å². The van der Waals surface area contributed by atoms with Crippen LogP contribution < -0.4 is 18.9 Å². The van der Waals surface area contributed by atoms with Gasteiger partial charge in [0.1, 0.15) is 5.69 Å². The molecule has 2 aromatic rings. The van der Waals surface area contributed by atoms with Gasteiger partial charge in [-0.3, -0.25) is 14.8 Å². The molecule has 2 rings (SSSR count). The molecular weight excluding hydrogens is 408 g/mol. The van der Waals surface area contributed by atoms with Gasteiger partial charge in [0.2, 0.25) is 5.75 Å². The van der Waals surface area contributed by atoms with Crippen LogP contribution in [-0.2, 0) is 14.8 Å². The fourth-order valence-electron chi connectivity index (χ4n) is 2.49. The van der Waals surface area contributed by atoms with E-state index in [4.69, 9.17) is 18.9 Å². The number of nitro groups is 1. The third-order valence-electron chi connectivity index (χ3n) is 3.81. The lowest BCUT2D eigenvalue weighted by atomic mass is 10.1. The van der Waals surface area contributed by atoms with Gasteiger partial charge in [-0.05, 0) is 6.07 Å². The molecule has 0 aliphatic carbocycles. The van der Waals surface area contributed by atoms with E-state index in [1.807, 2.05) is 0 Å². The number of nitrogens with one attached hydrogen (secondary N) is 1. The molecule has 12 heteroatoms. The van der Waals surface area contributed by atoms with Crippen molar-refractivity contribution in [1.29, 1.82) is 0 Å². The van der Waals surface area contributed by atoms with Crippen molar-refractivity contribution in [2.75, 3.05) is 33.2 Å². The summed E-state index contributed by atoms with van der Waals surface area (Å²) < 4.78 is 48.2. The highest BCUT2D eigenvalue weighted by Crippen LogP contribution is 2.46. The largest absolute Gasteiger partial charge is 0.493 e. The first kappa shape index (κ1) is 21.8. The van der Waals surface area contributed by atoms with E-state index >= 15 is 0 Å². The molecule has 1 N–H and O–H groups in total. The van der Waals surface area contributed by atoms with Crippen LogP contribution in [-0.4, -0.2) is 47.7 Å². The lowest BCUT2D eigenvalue weighted by molar-refractivity contribution is -0.385. The number of benzene rings is 2. The SMILES string of the molecule is COC(=O)c1cc(OC)c(OC)c(OC)c1NS(=O)(=O)c1cccc([N+](=O)[O-])c1. The third-order valence-corrected chi connectivity index (χ3v) is 5.16. The second-order valence-corrected chi connectivity index (χ2v) is 7.10. The van der Waals surface area contributed by atoms with Crippen molar-refractivity contribution in [3.8, 4) is 17.2 Å². The van der Waals surface area contributed by atoms with Gasteiger partial charge in [0, 0.05) is 18.2 Å². The molecule has 0 amide bonds. The molecule has 0 spiro atoms. The summed E-state index contributed by atoms with van der Waals surface area (Å²) in [5, 5.41) is 11.0. The van der Waals surface area contributed by atoms with Gasteiger partial charge in [-0.1, -0.05) is 6.07 Å². The molecule has 0 aliphatic rings. The van der Waals surface area contributed by atoms with Crippen LogP contribution in [0.5, 0.6) is 17.2 Å². The molecule has 0 atom stereocenters. The van der Waals surface area contributed by atoms with Gasteiger partial charge in [-0.2, -0.15) is 0 Å². The van der Waals surface area contributed by atoms with Crippen LogP contribution in [0.3, 0.4) is 0 Å². The third kappa shape index (κ3) is 4.32. The Morgan fingerprint density at radius 2 is 1.69 bits per heavy atom. The lowest BCUT2D eigenvalue weighted by Crippen LogP contribution is -2.18. The van der Waals surface area contributed by atoms with Crippen LogP contribution in [0.2, 0.25) is 0 Å². The Kier molecular flexibility index (Phi) is 6.49. The molecule has 0 saturated heterocycles. The molecule has 29 heavy (non-hydrogen) atoms. The fraction of sp³-hybridized carbons (Fsp3) is 0.235. The molecule has 0 aliphatic heterocycles. The molecule has 11 nitrogen and oxygen atoms in total. The van der Waals surface area contributed by atoms with E-state index in [0.717, 1.165) is 19.2 Å². The molecule has 156 valence electrons. The Hall–Kier alpha value is -3.54. The monoisotopic (exact) mass is 426 g/mol. The highest BCUT2D eigenvalue weighted by molar-refractivity contribution is 7.92. The molecule has 0 unspecified atom stereocenters. The van der Waals surface area contributed by atoms with E-state index in [2.05, 4.69) is 4.72 Å². The van der Waals surface area contributed by atoms with E-state index in [1.54, 1.807) is 0 Å². The number of non-ortho nitro benzene ring substituents is 1. The maximum absolute atomic E-state index is 12.8. The number of anilines is 1. The molecule has 0 radical (unpaired) electrons. The van der Waals surface area contributed by atoms with Crippen LogP contribution in [0.1, 0.15) is 10.4 Å². The number of ether oxygens (including phenoxy) is 4. The van der Waals surface area contributed by atoms with E-state index in [-0.39, 0.29) is 33.4 Å². The number of sulfonamides is 1. The Balaban J connectivity index is 2.71. The van der Waals surface area contributed by atoms with Gasteiger partial charge in [0.05, 0.1) is 43.8 Å². The number of rotatable bonds is 8. The average molecular weight is 426 g/mol. The van der Waals surface area contributed by atoms with Crippen LogP contribution in [0, 0.1) is 10.1 Å². The van der Waals surface area contributed by atoms with E-state index in [0.29, 0.717) is 0 Å². The first-order valence-electron chi connectivity index (χ1n) is 7.88. The van der Waals surface area contributed by atoms with Crippen molar-refractivity contribution in [2.45, 2.75) is 4.90 Å². The normalized spacial score (nSPS) is 10.8. The molecule has 2 aromatic carbocycles. The molecular formula is C17H18N2O9S. The number of carbonyl (C=O) groups is 1. The topological polar surface area (TPSA) is 143 Å². The predicted molar refractivity (Wildman–Crippen MR) is 101 cm³/mol. The number of carbonyl (C=O) groups excluding carboxylic acids is 1. The predicted octanol–water partition coefficient (Wildman–Crippen LogP) is 2.21. The Morgan fingerprint density at radius 1 is 1.03 bits per heavy atom. The standard InChI is InChI=1S/C17H18N2O9S/c1-25-13-9-12(17(20)28-4)14(16(27-3)15(13)26-2)18-29(23,24)11-7-5-6-10(8-11)19(21)22/h5-9,18H,1-4H3. The van der Waals surface area contributed by atoms with Crippen molar-refractivity contribution in [2.24, 2.45) is 0 Å². The zero-order valence-corrected chi connectivity index (χ0v) is 16.7. The summed E-state index contributed by atoms with van der Waals surface area (Å²) in [7, 11) is 0.633. The zero-order valence-electron chi connectivity index (χ0n) is 15.9. The van der Waals surface area contributed by atoms with Gasteiger partial charge in [0.25, 0.3) is 15.7 Å². The number of hydrogen-bond acceptors (Lipinski definition) is 9. The molecule has 0 aromatic heterocycles. The summed E-state index contributed by atoms with van der Waals surface area (Å²) >= 11 is 0. The van der Waals surface area contributed by atoms with Crippen LogP contribution >= 0.6 is 0 Å². The zero-order chi connectivity index (χ0) is 21.8. The van der Waals surface area contributed by atoms with Crippen molar-refractivity contribution < 1.29 is 37.1 Å². The summed E-state index contributed by atoms with van der Waals surface area (Å²) in [5.41, 5.74) is -0.903. The summed E-state index contributed by atoms with van der Waals surface area (Å²) in [6, 6.07) is 5.64. The molecule has 0 heterocycles. The summed E-state index contributed by atoms with van der Waals surface area (Å²) in [6.45, 7) is 0. The van der Waals surface area contributed by atoms with E-state index in [9.17, 15) is 23.3 Å². The maximum atomic E-state index is 12.8. The van der Waals surface area contributed by atoms with Gasteiger partial charge in [0.15, 0.2) is 11.5 Å². The molecule has 0 fully saturated rings. The summed E-state index contributed by atoms with van der Waals surface area (Å²) in [4.78, 5) is 22.1. The quantitative estimate of drug-likeness (QED) is 0.381. The number of hydrogen-bond donors (Lipinski definition) is 1. The number of nitrogens with zero attached hydrogens (tertiary/aromatic N) is 1. The maximum Gasteiger partial charge on any atom is 0.340 e. The Labute approximate surface area is 166 Å². The van der Waals surface area contributed by atoms with Crippen LogP contribution in [0.25, 0.3) is 0 Å². The van der Waals surface area contributed by atoms with Crippen molar-refractivity contribution in [1.82, 2.24) is 0 Å². The van der Waals surface area contributed by atoms with Crippen LogP contribution in [0.4, 0.5) is 11.4 Å². The minimum absolute atomic E-state index is 0.0272. The second kappa shape index (κ2) is 8.65. The Morgan fingerprint density at radius 3 is 2.21 bits per heavy atom. The number of nitro benzene ring substituents is 1. The van der Waals surface area contributed by atoms with Gasteiger partial charge in [-0.15, -0.1) is 0 Å². The molecule has 0 saturated carbocycles. The minimum Gasteiger partial charge on any atom is -0.493 e. The number of esters is 1. The molecule has 0 bridgehead atoms. The van der Waals surface area contributed by atoms with Crippen molar-refractivity contribution in [3.05, 3.63) is 46.0 Å². The minimum atomic E-state index is -4.35. The summed E-state index contributed by atoms with van der Waals surface area (Å²) in [5.74, 6) is -0.885. The number of methoxy groups -OCH3 is 4. The lowest BCUT2D eigenvalue weighted by Gasteiger charge is -2.19. The van der Waals surface area contributed by atoms with E-state index in [1.165, 1.54) is 39.5 Å². The van der Waals surface area contributed by atoms with E-state index < -0.39 is 26.6 Å². The van der Waals surface area contributed by atoms with Gasteiger partial charge >= 0.3 is 5.97 Å². The van der Waals surface area contributed by atoms with Crippen molar-refractivity contribution in [3.63, 3.8) is 0 Å². The van der Waals surface area contributed by atoms with Gasteiger partial charge in [-0.25, -0.2) is 13.2 Å². The van der Waals surface area contributed by atoms with Crippen LogP contribution in [0.15, 0.2) is 35.2 Å². The van der Waals surface area contributed by atoms with Crippen molar-refractivity contribution >= 4 is 27.4 Å². The first-order chi connectivity index (χ1) is 13.7. The Bertz CT molecular complexity index is 1050. The highest BCUT2D eigenvalue weighted by atomic mass is 32.2. The highest BCUT2D eigenvalue weighted by Gasteiger charge is 2.29. The fourth-order valence-corrected chi connectivity index (χ4v) is 3.61.